The van der Waals surface area contributed by atoms with Gasteiger partial charge in [0.1, 0.15) is 0 Å². The van der Waals surface area contributed by atoms with Crippen LogP contribution in [0.2, 0.25) is 0 Å². The number of halogens is 6. The van der Waals surface area contributed by atoms with Crippen molar-refractivity contribution in [2.75, 3.05) is 11.1 Å². The number of hydrogen-bond acceptors (Lipinski definition) is 0. The lowest BCUT2D eigenvalue weighted by molar-refractivity contribution is 0.367. The van der Waals surface area contributed by atoms with Crippen molar-refractivity contribution in [2.24, 2.45) is 0 Å². The summed E-state index contributed by atoms with van der Waals surface area (Å²) in [5.74, 6) is -2.03. The van der Waals surface area contributed by atoms with Crippen molar-refractivity contribution in [1.82, 2.24) is 0 Å². The molecule has 0 radical (unpaired) electrons. The normalized spacial score (nSPS) is 20.7. The zero-order valence-electron chi connectivity index (χ0n) is 4.09. The molecule has 0 amide bonds. The quantitative estimate of drug-likeness (QED) is 0.505. The highest BCUT2D eigenvalue weighted by Gasteiger charge is 2.62. The maximum absolute atomic E-state index is 11.2. The van der Waals surface area contributed by atoms with Gasteiger partial charge in [-0.1, -0.05) is 35.4 Å². The second-order valence-corrected chi connectivity index (χ2v) is 4.98. The van der Waals surface area contributed by atoms with E-state index in [9.17, 15) is 19.4 Å². The maximum atomic E-state index is 11.2. The summed E-state index contributed by atoms with van der Waals surface area (Å²) < 4.78 is 55.9. The van der Waals surface area contributed by atoms with Gasteiger partial charge in [-0.15, -0.1) is 0 Å². The first-order valence-electron chi connectivity index (χ1n) is 1.83. The molecule has 60 valence electrons. The largest absolute Gasteiger partial charge is 0.286 e. The third kappa shape index (κ3) is 8.48. The van der Waals surface area contributed by atoms with Crippen molar-refractivity contribution in [1.29, 1.82) is 0 Å². The summed E-state index contributed by atoms with van der Waals surface area (Å²) in [6.45, 7) is 0. The Morgan fingerprint density at radius 2 is 1.33 bits per heavy atom. The fraction of sp³-hybridized carbons (Fsp3) is 1.00. The highest BCUT2D eigenvalue weighted by atomic mass is 79.9. The van der Waals surface area contributed by atoms with Crippen LogP contribution in [0.3, 0.4) is 0 Å². The third-order valence-electron chi connectivity index (χ3n) is 0.463. The molecule has 0 saturated carbocycles. The highest BCUT2D eigenvalue weighted by molar-refractivity contribution is 9.09. The van der Waals surface area contributed by atoms with E-state index in [1.807, 2.05) is 0 Å². The van der Waals surface area contributed by atoms with Gasteiger partial charge < -0.3 is 0 Å². The van der Waals surface area contributed by atoms with Crippen LogP contribution in [-0.4, -0.2) is 11.1 Å². The Morgan fingerprint density at radius 1 is 1.00 bits per heavy atom. The molecular formula is C2H4BrF5S. The lowest BCUT2D eigenvalue weighted by atomic mass is 11.0. The average molecular weight is 235 g/mol. The Balaban J connectivity index is 4.34. The molecule has 0 aliphatic heterocycles. The SMILES string of the molecule is FS(F)(F)(F)(F)CCBr. The van der Waals surface area contributed by atoms with Crippen LogP contribution in [0, 0.1) is 0 Å². The van der Waals surface area contributed by atoms with Crippen LogP contribution in [0.25, 0.3) is 0 Å². The van der Waals surface area contributed by atoms with Gasteiger partial charge in [-0.3, -0.25) is 0 Å². The molecule has 0 spiro atoms. The molecule has 0 aliphatic carbocycles. The summed E-state index contributed by atoms with van der Waals surface area (Å²) in [4.78, 5) is 0. The maximum Gasteiger partial charge on any atom is 0.286 e. The second kappa shape index (κ2) is 1.55. The van der Waals surface area contributed by atoms with Gasteiger partial charge in [-0.2, -0.15) is 0 Å². The minimum absolute atomic E-state index is 0.745. The van der Waals surface area contributed by atoms with E-state index in [1.54, 1.807) is 0 Å². The molecule has 0 unspecified atom stereocenters. The Bertz CT molecular complexity index is 109. The van der Waals surface area contributed by atoms with Gasteiger partial charge in [-0.05, 0) is 0 Å². The molecule has 0 aromatic carbocycles. The molecule has 0 fully saturated rings. The molecule has 0 bridgehead atoms. The highest BCUT2D eigenvalue weighted by Crippen LogP contribution is 2.97. The fourth-order valence-electron chi connectivity index (χ4n) is 0.146. The molecule has 0 aromatic heterocycles. The van der Waals surface area contributed by atoms with Crippen LogP contribution in [0.1, 0.15) is 0 Å². The molecule has 7 heteroatoms. The predicted octanol–water partition coefficient (Wildman–Crippen LogP) is 3.68. The first kappa shape index (κ1) is 9.48. The van der Waals surface area contributed by atoms with Crippen LogP contribution in [-0.2, 0) is 0 Å². The van der Waals surface area contributed by atoms with Gasteiger partial charge in [0.05, 0.1) is 5.75 Å². The van der Waals surface area contributed by atoms with Gasteiger partial charge in [0, 0.05) is 5.33 Å². The van der Waals surface area contributed by atoms with Crippen molar-refractivity contribution in [2.45, 2.75) is 0 Å². The molecule has 0 atom stereocenters. The summed E-state index contributed by atoms with van der Waals surface area (Å²) in [7, 11) is -9.08. The molecule has 0 aromatic rings. The Hall–Kier alpha value is 0.480. The van der Waals surface area contributed by atoms with Crippen LogP contribution < -0.4 is 0 Å². The second-order valence-electron chi connectivity index (χ2n) is 1.52. The summed E-state index contributed by atoms with van der Waals surface area (Å²) >= 11 is 2.29. The first-order chi connectivity index (χ1) is 3.54. The zero-order chi connectivity index (χ0) is 7.82. The van der Waals surface area contributed by atoms with Gasteiger partial charge in [0.2, 0.25) is 0 Å². The van der Waals surface area contributed by atoms with E-state index >= 15 is 0 Å². The van der Waals surface area contributed by atoms with Gasteiger partial charge in [0.15, 0.2) is 0 Å². The Kier molecular flexibility index (Phi) is 1.64. The third-order valence-corrected chi connectivity index (χ3v) is 2.36. The zero-order valence-corrected chi connectivity index (χ0v) is 6.49. The minimum Gasteiger partial charge on any atom is -0.0978 e. The minimum atomic E-state index is -9.08. The fourth-order valence-corrected chi connectivity index (χ4v) is 2.27. The molecule has 0 N–H and O–H groups in total. The molecule has 0 aliphatic rings. The van der Waals surface area contributed by atoms with E-state index in [0.717, 1.165) is 0 Å². The molecule has 0 rings (SSSR count). The molecule has 0 saturated heterocycles. The number of rotatable bonds is 2. The lowest BCUT2D eigenvalue weighted by Crippen LogP contribution is -2.11. The van der Waals surface area contributed by atoms with E-state index < -0.39 is 21.3 Å². The van der Waals surface area contributed by atoms with Crippen molar-refractivity contribution in [3.05, 3.63) is 0 Å². The van der Waals surface area contributed by atoms with E-state index in [4.69, 9.17) is 0 Å². The van der Waals surface area contributed by atoms with E-state index in [0.29, 0.717) is 0 Å². The van der Waals surface area contributed by atoms with Crippen molar-refractivity contribution < 1.29 is 19.4 Å². The standard InChI is InChI=1S/C2H4BrF5S/c3-1-2-9(4,5,6,7)8/h1-2H2. The van der Waals surface area contributed by atoms with E-state index in [2.05, 4.69) is 15.9 Å². The van der Waals surface area contributed by atoms with Crippen LogP contribution in [0.15, 0.2) is 0 Å². The number of alkyl halides is 1. The first-order valence-corrected chi connectivity index (χ1v) is 5.07. The molecular weight excluding hydrogens is 231 g/mol. The molecule has 0 heterocycles. The smallest absolute Gasteiger partial charge is 0.0978 e. The summed E-state index contributed by atoms with van der Waals surface area (Å²) in [5.41, 5.74) is 0. The van der Waals surface area contributed by atoms with Crippen LogP contribution in [0.5, 0.6) is 0 Å². The molecule has 9 heavy (non-hydrogen) atoms. The monoisotopic (exact) mass is 234 g/mol. The lowest BCUT2D eigenvalue weighted by Gasteiger charge is -2.39. The van der Waals surface area contributed by atoms with Crippen molar-refractivity contribution in [3.8, 4) is 0 Å². The number of hydrogen-bond donors (Lipinski definition) is 0. The van der Waals surface area contributed by atoms with Crippen molar-refractivity contribution >= 4 is 26.2 Å². The molecule has 0 nitrogen and oxygen atoms in total. The van der Waals surface area contributed by atoms with E-state index in [-0.39, 0.29) is 0 Å². The van der Waals surface area contributed by atoms with Crippen LogP contribution >= 0.6 is 26.2 Å². The Labute approximate surface area is 57.3 Å². The van der Waals surface area contributed by atoms with Crippen molar-refractivity contribution in [3.63, 3.8) is 0 Å². The summed E-state index contributed by atoms with van der Waals surface area (Å²) in [5, 5.41) is -0.745. The van der Waals surface area contributed by atoms with Gasteiger partial charge >= 0.3 is 0 Å². The topological polar surface area (TPSA) is 0 Å². The summed E-state index contributed by atoms with van der Waals surface area (Å²) in [6, 6.07) is 0. The predicted molar refractivity (Wildman–Crippen MR) is 31.8 cm³/mol. The van der Waals surface area contributed by atoms with Crippen LogP contribution in [0.4, 0.5) is 19.4 Å². The van der Waals surface area contributed by atoms with Gasteiger partial charge in [0.25, 0.3) is 10.2 Å². The van der Waals surface area contributed by atoms with Gasteiger partial charge in [-0.25, -0.2) is 0 Å². The summed E-state index contributed by atoms with van der Waals surface area (Å²) in [6.07, 6.45) is 0. The Morgan fingerprint density at radius 3 is 1.33 bits per heavy atom. The average Bonchev–Trinajstić information content (AvgIpc) is 1.22. The van der Waals surface area contributed by atoms with E-state index in [1.165, 1.54) is 0 Å².